The standard InChI is InChI=1S/C14H15NO/c1-11-8-13(10-14(9-11)16-2)15-12-6-4-3-5-7-12/h3-10,15H,1-2H3. The molecule has 0 saturated heterocycles. The second-order valence-electron chi connectivity index (χ2n) is 3.73. The summed E-state index contributed by atoms with van der Waals surface area (Å²) < 4.78 is 5.23. The van der Waals surface area contributed by atoms with Crippen molar-refractivity contribution in [3.8, 4) is 5.75 Å². The molecule has 0 amide bonds. The number of ether oxygens (including phenoxy) is 1. The zero-order chi connectivity index (χ0) is 11.4. The molecule has 0 radical (unpaired) electrons. The number of hydrogen-bond acceptors (Lipinski definition) is 2. The highest BCUT2D eigenvalue weighted by atomic mass is 16.5. The van der Waals surface area contributed by atoms with E-state index in [-0.39, 0.29) is 0 Å². The van der Waals surface area contributed by atoms with Gasteiger partial charge in [-0.15, -0.1) is 0 Å². The van der Waals surface area contributed by atoms with Gasteiger partial charge in [0.2, 0.25) is 0 Å². The van der Waals surface area contributed by atoms with Gasteiger partial charge in [-0.25, -0.2) is 0 Å². The molecule has 0 aromatic heterocycles. The Morgan fingerprint density at radius 2 is 1.69 bits per heavy atom. The van der Waals surface area contributed by atoms with E-state index in [1.165, 1.54) is 5.56 Å². The van der Waals surface area contributed by atoms with Crippen LogP contribution in [0.2, 0.25) is 0 Å². The molecule has 2 aromatic carbocycles. The molecular weight excluding hydrogens is 198 g/mol. The summed E-state index contributed by atoms with van der Waals surface area (Å²) in [5.41, 5.74) is 3.30. The molecule has 0 atom stereocenters. The first-order valence-corrected chi connectivity index (χ1v) is 5.26. The molecule has 0 saturated carbocycles. The molecule has 0 spiro atoms. The normalized spacial score (nSPS) is 9.88. The van der Waals surface area contributed by atoms with Gasteiger partial charge < -0.3 is 10.1 Å². The molecule has 16 heavy (non-hydrogen) atoms. The fourth-order valence-electron chi connectivity index (χ4n) is 1.63. The predicted molar refractivity (Wildman–Crippen MR) is 67.5 cm³/mol. The van der Waals surface area contributed by atoms with Gasteiger partial charge in [0.15, 0.2) is 0 Å². The van der Waals surface area contributed by atoms with Crippen molar-refractivity contribution in [1.82, 2.24) is 0 Å². The maximum atomic E-state index is 5.23. The molecule has 0 unspecified atom stereocenters. The number of hydrogen-bond donors (Lipinski definition) is 1. The van der Waals surface area contributed by atoms with E-state index in [9.17, 15) is 0 Å². The van der Waals surface area contributed by atoms with Gasteiger partial charge in [0.05, 0.1) is 7.11 Å². The lowest BCUT2D eigenvalue weighted by Crippen LogP contribution is -1.92. The quantitative estimate of drug-likeness (QED) is 0.838. The maximum Gasteiger partial charge on any atom is 0.121 e. The van der Waals surface area contributed by atoms with E-state index in [0.29, 0.717) is 0 Å². The second kappa shape index (κ2) is 4.71. The van der Waals surface area contributed by atoms with Crippen LogP contribution in [0, 0.1) is 6.92 Å². The molecule has 0 aliphatic carbocycles. The van der Waals surface area contributed by atoms with E-state index in [1.54, 1.807) is 7.11 Å². The third-order valence-corrected chi connectivity index (χ3v) is 2.35. The van der Waals surface area contributed by atoms with Crippen molar-refractivity contribution >= 4 is 11.4 Å². The number of nitrogens with one attached hydrogen (secondary N) is 1. The number of aryl methyl sites for hydroxylation is 1. The Bertz CT molecular complexity index is 465. The van der Waals surface area contributed by atoms with Gasteiger partial charge in [0.25, 0.3) is 0 Å². The monoisotopic (exact) mass is 213 g/mol. The summed E-state index contributed by atoms with van der Waals surface area (Å²) in [6.07, 6.45) is 0. The lowest BCUT2D eigenvalue weighted by molar-refractivity contribution is 0.414. The van der Waals surface area contributed by atoms with Gasteiger partial charge >= 0.3 is 0 Å². The summed E-state index contributed by atoms with van der Waals surface area (Å²) in [5, 5.41) is 3.34. The lowest BCUT2D eigenvalue weighted by Gasteiger charge is -2.09. The Labute approximate surface area is 95.9 Å². The highest BCUT2D eigenvalue weighted by Crippen LogP contribution is 2.23. The van der Waals surface area contributed by atoms with Crippen LogP contribution in [0.4, 0.5) is 11.4 Å². The van der Waals surface area contributed by atoms with E-state index in [1.807, 2.05) is 42.5 Å². The summed E-state index contributed by atoms with van der Waals surface area (Å²) in [7, 11) is 1.68. The lowest BCUT2D eigenvalue weighted by atomic mass is 10.2. The molecule has 2 aromatic rings. The van der Waals surface area contributed by atoms with Crippen molar-refractivity contribution in [2.45, 2.75) is 6.92 Å². The van der Waals surface area contributed by atoms with Gasteiger partial charge in [-0.3, -0.25) is 0 Å². The SMILES string of the molecule is COc1cc(C)cc(Nc2ccccc2)c1. The summed E-state index contributed by atoms with van der Waals surface area (Å²) in [5.74, 6) is 0.874. The third kappa shape index (κ3) is 2.54. The minimum Gasteiger partial charge on any atom is -0.497 e. The minimum absolute atomic E-state index is 0.874. The van der Waals surface area contributed by atoms with Crippen molar-refractivity contribution in [2.75, 3.05) is 12.4 Å². The third-order valence-electron chi connectivity index (χ3n) is 2.35. The fraction of sp³-hybridized carbons (Fsp3) is 0.143. The average Bonchev–Trinajstić information content (AvgIpc) is 2.29. The average molecular weight is 213 g/mol. The predicted octanol–water partition coefficient (Wildman–Crippen LogP) is 3.75. The zero-order valence-corrected chi connectivity index (χ0v) is 9.53. The zero-order valence-electron chi connectivity index (χ0n) is 9.53. The number of para-hydroxylation sites is 1. The molecule has 0 aliphatic heterocycles. The first-order chi connectivity index (χ1) is 7.78. The van der Waals surface area contributed by atoms with Crippen LogP contribution in [0.1, 0.15) is 5.56 Å². The number of methoxy groups -OCH3 is 1. The van der Waals surface area contributed by atoms with Crippen LogP contribution in [0.25, 0.3) is 0 Å². The first kappa shape index (κ1) is 10.6. The molecule has 2 nitrogen and oxygen atoms in total. The summed E-state index contributed by atoms with van der Waals surface area (Å²) in [6.45, 7) is 2.05. The Hall–Kier alpha value is -1.96. The van der Waals surface area contributed by atoms with Crippen LogP contribution in [0.15, 0.2) is 48.5 Å². The molecule has 0 fully saturated rings. The molecule has 2 rings (SSSR count). The van der Waals surface area contributed by atoms with Crippen molar-refractivity contribution in [1.29, 1.82) is 0 Å². The molecule has 0 bridgehead atoms. The van der Waals surface area contributed by atoms with Crippen molar-refractivity contribution in [3.05, 3.63) is 54.1 Å². The van der Waals surface area contributed by atoms with Crippen LogP contribution >= 0.6 is 0 Å². The Kier molecular flexibility index (Phi) is 3.10. The van der Waals surface area contributed by atoms with Crippen LogP contribution < -0.4 is 10.1 Å². The van der Waals surface area contributed by atoms with E-state index in [4.69, 9.17) is 4.74 Å². The number of anilines is 2. The highest BCUT2D eigenvalue weighted by Gasteiger charge is 1.98. The van der Waals surface area contributed by atoms with Crippen LogP contribution in [-0.2, 0) is 0 Å². The van der Waals surface area contributed by atoms with Crippen molar-refractivity contribution in [3.63, 3.8) is 0 Å². The van der Waals surface area contributed by atoms with Crippen LogP contribution in [0.3, 0.4) is 0 Å². The smallest absolute Gasteiger partial charge is 0.121 e. The van der Waals surface area contributed by atoms with E-state index >= 15 is 0 Å². The van der Waals surface area contributed by atoms with Gasteiger partial charge in [-0.05, 0) is 36.8 Å². The summed E-state index contributed by atoms with van der Waals surface area (Å²) >= 11 is 0. The molecule has 2 heteroatoms. The van der Waals surface area contributed by atoms with Gasteiger partial charge in [-0.2, -0.15) is 0 Å². The topological polar surface area (TPSA) is 21.3 Å². The number of rotatable bonds is 3. The summed E-state index contributed by atoms with van der Waals surface area (Å²) in [6, 6.07) is 16.2. The minimum atomic E-state index is 0.874. The largest absolute Gasteiger partial charge is 0.497 e. The highest BCUT2D eigenvalue weighted by molar-refractivity contribution is 5.62. The van der Waals surface area contributed by atoms with Crippen molar-refractivity contribution in [2.24, 2.45) is 0 Å². The van der Waals surface area contributed by atoms with E-state index in [2.05, 4.69) is 18.3 Å². The molecule has 1 N–H and O–H groups in total. The van der Waals surface area contributed by atoms with Gasteiger partial charge in [0.1, 0.15) is 5.75 Å². The number of benzene rings is 2. The molecule has 0 aliphatic rings. The molecular formula is C14H15NO. The Morgan fingerprint density at radius 1 is 0.938 bits per heavy atom. The van der Waals surface area contributed by atoms with Gasteiger partial charge in [0, 0.05) is 17.4 Å². The maximum absolute atomic E-state index is 5.23. The summed E-state index contributed by atoms with van der Waals surface area (Å²) in [4.78, 5) is 0. The Balaban J connectivity index is 2.24. The second-order valence-corrected chi connectivity index (χ2v) is 3.73. The van der Waals surface area contributed by atoms with Gasteiger partial charge in [-0.1, -0.05) is 18.2 Å². The van der Waals surface area contributed by atoms with Crippen molar-refractivity contribution < 1.29 is 4.74 Å². The molecule has 0 heterocycles. The Morgan fingerprint density at radius 3 is 2.38 bits per heavy atom. The van der Waals surface area contributed by atoms with E-state index < -0.39 is 0 Å². The van der Waals surface area contributed by atoms with Crippen LogP contribution in [0.5, 0.6) is 5.75 Å². The fourth-order valence-corrected chi connectivity index (χ4v) is 1.63. The van der Waals surface area contributed by atoms with Crippen LogP contribution in [-0.4, -0.2) is 7.11 Å². The van der Waals surface area contributed by atoms with E-state index in [0.717, 1.165) is 17.1 Å². The first-order valence-electron chi connectivity index (χ1n) is 5.26. The molecule has 82 valence electrons.